The number of hydrogen-bond acceptors (Lipinski definition) is 4. The Bertz CT molecular complexity index is 650. The molecule has 0 bridgehead atoms. The molecule has 2 N–H and O–H groups in total. The van der Waals surface area contributed by atoms with Crippen LogP contribution in [0.3, 0.4) is 0 Å². The molecule has 1 aliphatic carbocycles. The molecule has 0 unspecified atom stereocenters. The number of carbonyl (C=O) groups is 1. The van der Waals surface area contributed by atoms with Crippen molar-refractivity contribution in [3.05, 3.63) is 29.8 Å². The van der Waals surface area contributed by atoms with E-state index in [4.69, 9.17) is 5.73 Å². The van der Waals surface area contributed by atoms with Crippen LogP contribution in [0, 0.1) is 0 Å². The van der Waals surface area contributed by atoms with Crippen molar-refractivity contribution in [1.82, 2.24) is 9.80 Å². The Kier molecular flexibility index (Phi) is 4.80. The molecule has 2 aliphatic heterocycles. The van der Waals surface area contributed by atoms with Gasteiger partial charge in [-0.2, -0.15) is 0 Å². The maximum Gasteiger partial charge on any atom is 0.247 e. The molecule has 2 atom stereocenters. The summed E-state index contributed by atoms with van der Waals surface area (Å²) < 4.78 is 0. The zero-order valence-corrected chi connectivity index (χ0v) is 16.2. The first kappa shape index (κ1) is 18.0. The van der Waals surface area contributed by atoms with Crippen molar-refractivity contribution in [1.29, 1.82) is 0 Å². The first-order valence-electron chi connectivity index (χ1n) is 10.1. The predicted octanol–water partition coefficient (Wildman–Crippen LogP) is 2.16. The molecule has 0 aromatic heterocycles. The van der Waals surface area contributed by atoms with Crippen LogP contribution in [0.2, 0.25) is 0 Å². The lowest BCUT2D eigenvalue weighted by Gasteiger charge is -2.31. The van der Waals surface area contributed by atoms with Crippen LogP contribution < -0.4 is 10.6 Å². The maximum absolute atomic E-state index is 12.8. The fourth-order valence-corrected chi connectivity index (χ4v) is 5.17. The summed E-state index contributed by atoms with van der Waals surface area (Å²) in [6.45, 7) is 2.74. The molecule has 3 aliphatic rings. The molecular weight excluding hydrogens is 324 g/mol. The van der Waals surface area contributed by atoms with Crippen molar-refractivity contribution in [2.45, 2.75) is 56.0 Å². The maximum atomic E-state index is 12.8. The van der Waals surface area contributed by atoms with Crippen LogP contribution in [0.5, 0.6) is 0 Å². The normalized spacial score (nSPS) is 28.3. The fraction of sp³-hybridized carbons (Fsp3) is 0.667. The summed E-state index contributed by atoms with van der Waals surface area (Å²) in [6, 6.07) is 8.71. The van der Waals surface area contributed by atoms with Gasteiger partial charge in [0, 0.05) is 18.3 Å². The Hall–Kier alpha value is -1.43. The van der Waals surface area contributed by atoms with E-state index in [-0.39, 0.29) is 18.0 Å². The summed E-state index contributed by atoms with van der Waals surface area (Å²) >= 11 is 0. The highest BCUT2D eigenvalue weighted by atomic mass is 16.2. The molecule has 5 nitrogen and oxygen atoms in total. The largest absolute Gasteiger partial charge is 0.326 e. The van der Waals surface area contributed by atoms with Crippen molar-refractivity contribution < 1.29 is 4.79 Å². The van der Waals surface area contributed by atoms with Gasteiger partial charge in [-0.25, -0.2) is 0 Å². The number of fused-ring (bicyclic) bond motifs is 1. The van der Waals surface area contributed by atoms with E-state index in [1.807, 2.05) is 4.90 Å². The van der Waals surface area contributed by atoms with E-state index in [0.717, 1.165) is 25.2 Å². The monoisotopic (exact) mass is 356 g/mol. The molecule has 0 spiro atoms. The first-order valence-corrected chi connectivity index (χ1v) is 10.1. The van der Waals surface area contributed by atoms with Gasteiger partial charge in [0.15, 0.2) is 0 Å². The van der Waals surface area contributed by atoms with Gasteiger partial charge in [-0.3, -0.25) is 14.6 Å². The van der Waals surface area contributed by atoms with Gasteiger partial charge >= 0.3 is 0 Å². The number of carbonyl (C=O) groups excluding carboxylic acids is 1. The molecule has 3 fully saturated rings. The lowest BCUT2D eigenvalue weighted by Crippen LogP contribution is -2.41. The fourth-order valence-electron chi connectivity index (χ4n) is 5.17. The highest BCUT2D eigenvalue weighted by Gasteiger charge is 2.46. The summed E-state index contributed by atoms with van der Waals surface area (Å²) in [5.74, 6) is 0.172. The van der Waals surface area contributed by atoms with Gasteiger partial charge in [0.2, 0.25) is 5.91 Å². The number of nitrogens with two attached hydrogens (primary N) is 1. The molecule has 5 heteroatoms. The third kappa shape index (κ3) is 3.06. The topological polar surface area (TPSA) is 52.8 Å². The zero-order valence-electron chi connectivity index (χ0n) is 16.2. The number of nitrogens with zero attached hydrogens (tertiary/aromatic N) is 3. The molecule has 2 saturated heterocycles. The molecule has 142 valence electrons. The smallest absolute Gasteiger partial charge is 0.247 e. The average Bonchev–Trinajstić information content (AvgIpc) is 3.32. The molecule has 4 rings (SSSR count). The van der Waals surface area contributed by atoms with E-state index in [0.29, 0.717) is 12.1 Å². The van der Waals surface area contributed by atoms with Crippen LogP contribution in [0.15, 0.2) is 24.3 Å². The third-order valence-corrected chi connectivity index (χ3v) is 6.78. The Morgan fingerprint density at radius 1 is 1.19 bits per heavy atom. The van der Waals surface area contributed by atoms with Gasteiger partial charge in [0.1, 0.15) is 6.04 Å². The van der Waals surface area contributed by atoms with Crippen LogP contribution in [0.4, 0.5) is 5.69 Å². The van der Waals surface area contributed by atoms with Crippen LogP contribution in [-0.4, -0.2) is 61.6 Å². The minimum atomic E-state index is -0.115. The number of anilines is 1. The van der Waals surface area contributed by atoms with E-state index in [2.05, 4.69) is 48.2 Å². The highest BCUT2D eigenvalue weighted by Crippen LogP contribution is 2.44. The Labute approximate surface area is 157 Å². The van der Waals surface area contributed by atoms with Crippen LogP contribution in [0.1, 0.15) is 44.1 Å². The first-order chi connectivity index (χ1) is 12.5. The van der Waals surface area contributed by atoms with Crippen molar-refractivity contribution in [3.63, 3.8) is 0 Å². The van der Waals surface area contributed by atoms with E-state index in [1.54, 1.807) is 0 Å². The number of amides is 1. The van der Waals surface area contributed by atoms with Crippen LogP contribution >= 0.6 is 0 Å². The van der Waals surface area contributed by atoms with Gasteiger partial charge in [-0.15, -0.1) is 0 Å². The minimum absolute atomic E-state index is 0.0143. The van der Waals surface area contributed by atoms with E-state index < -0.39 is 0 Å². The van der Waals surface area contributed by atoms with Gasteiger partial charge in [0.05, 0.1) is 6.67 Å². The van der Waals surface area contributed by atoms with Gasteiger partial charge < -0.3 is 10.6 Å². The molecular formula is C21H32N4O. The Balaban J connectivity index is 1.52. The Morgan fingerprint density at radius 3 is 2.50 bits per heavy atom. The number of benzene rings is 1. The number of hydrogen-bond donors (Lipinski definition) is 1. The predicted molar refractivity (Wildman–Crippen MR) is 105 cm³/mol. The van der Waals surface area contributed by atoms with Crippen molar-refractivity contribution in [2.75, 3.05) is 38.8 Å². The second-order valence-corrected chi connectivity index (χ2v) is 8.71. The van der Waals surface area contributed by atoms with Crippen LogP contribution in [-0.2, 0) is 10.2 Å². The van der Waals surface area contributed by atoms with Crippen molar-refractivity contribution >= 4 is 11.6 Å². The summed E-state index contributed by atoms with van der Waals surface area (Å²) in [4.78, 5) is 19.2. The molecule has 1 saturated carbocycles. The van der Waals surface area contributed by atoms with Gasteiger partial charge in [0.25, 0.3) is 0 Å². The molecule has 1 amide bonds. The van der Waals surface area contributed by atoms with Crippen LogP contribution in [0.25, 0.3) is 0 Å². The quantitative estimate of drug-likeness (QED) is 0.878. The Morgan fingerprint density at radius 2 is 1.88 bits per heavy atom. The second-order valence-electron chi connectivity index (χ2n) is 8.71. The SMILES string of the molecule is CN(C)CCC1(c2ccc(N3CN4CC[C@@H](N)[C@H]4C3=O)cc2)CCCC1. The molecule has 0 radical (unpaired) electrons. The van der Waals surface area contributed by atoms with Gasteiger partial charge in [-0.1, -0.05) is 25.0 Å². The molecule has 26 heavy (non-hydrogen) atoms. The van der Waals surface area contributed by atoms with Gasteiger partial charge in [-0.05, 0) is 69.4 Å². The standard InChI is InChI=1S/C21H32N4O/c1-23(2)14-12-21(10-3-4-11-21)16-5-7-17(8-6-16)25-15-24-13-9-18(22)19(24)20(25)26/h5-8,18-19H,3-4,9-15,22H2,1-2H3/t18-,19+/m1/s1. The van der Waals surface area contributed by atoms with E-state index in [9.17, 15) is 4.79 Å². The third-order valence-electron chi connectivity index (χ3n) is 6.78. The van der Waals surface area contributed by atoms with Crippen molar-refractivity contribution in [3.8, 4) is 0 Å². The van der Waals surface area contributed by atoms with E-state index in [1.165, 1.54) is 37.7 Å². The van der Waals surface area contributed by atoms with E-state index >= 15 is 0 Å². The minimum Gasteiger partial charge on any atom is -0.326 e. The number of rotatable bonds is 5. The summed E-state index contributed by atoms with van der Waals surface area (Å²) in [5, 5.41) is 0. The molecule has 2 heterocycles. The summed E-state index contributed by atoms with van der Waals surface area (Å²) in [6.07, 6.45) is 7.37. The average molecular weight is 357 g/mol. The summed E-state index contributed by atoms with van der Waals surface area (Å²) in [5.41, 5.74) is 8.92. The second kappa shape index (κ2) is 6.95. The highest BCUT2D eigenvalue weighted by molar-refractivity contribution is 6.00. The molecule has 1 aromatic rings. The summed E-state index contributed by atoms with van der Waals surface area (Å²) in [7, 11) is 4.31. The lowest BCUT2D eigenvalue weighted by atomic mass is 9.76. The lowest BCUT2D eigenvalue weighted by molar-refractivity contribution is -0.119. The van der Waals surface area contributed by atoms with Crippen molar-refractivity contribution in [2.24, 2.45) is 5.73 Å². The molecule has 1 aromatic carbocycles. The zero-order chi connectivity index (χ0) is 18.3.